The van der Waals surface area contributed by atoms with E-state index < -0.39 is 5.41 Å². The zero-order chi connectivity index (χ0) is 15.2. The summed E-state index contributed by atoms with van der Waals surface area (Å²) in [5.41, 5.74) is 5.30. The number of thioether (sulfide) groups is 1. The molecule has 5 heteroatoms. The van der Waals surface area contributed by atoms with Crippen LogP contribution in [0, 0.1) is 5.41 Å². The van der Waals surface area contributed by atoms with Crippen LogP contribution in [0.4, 0.5) is 0 Å². The molecule has 0 aromatic heterocycles. The zero-order valence-electron chi connectivity index (χ0n) is 12.9. The van der Waals surface area contributed by atoms with Crippen molar-refractivity contribution in [3.63, 3.8) is 0 Å². The second-order valence-corrected chi connectivity index (χ2v) is 7.25. The number of thiocarbonyl (C=S) groups is 1. The second-order valence-electron chi connectivity index (χ2n) is 5.73. The average Bonchev–Trinajstić information content (AvgIpc) is 2.85. The fourth-order valence-electron chi connectivity index (χ4n) is 3.24. The van der Waals surface area contributed by atoms with Crippen molar-refractivity contribution in [2.75, 3.05) is 6.26 Å². The molecule has 0 aromatic rings. The highest BCUT2D eigenvalue weighted by Gasteiger charge is 2.41. The molecule has 3 nitrogen and oxygen atoms in total. The Hall–Kier alpha value is -0.290. The number of amides is 1. The molecule has 0 radical (unpaired) electrons. The van der Waals surface area contributed by atoms with E-state index in [1.807, 2.05) is 11.8 Å². The topological polar surface area (TPSA) is 55.1 Å². The minimum absolute atomic E-state index is 0.0552. The Labute approximate surface area is 132 Å². The first-order chi connectivity index (χ1) is 9.51. The normalized spacial score (nSPS) is 22.8. The number of nitrogens with one attached hydrogen (secondary N) is 1. The molecule has 0 bridgehead atoms. The number of nitrogens with two attached hydrogens (primary N) is 1. The SMILES string of the molecule is CCCC(CCC)(C(=O)NC1CCCC1SC)C(N)=S. The van der Waals surface area contributed by atoms with Crippen LogP contribution in [0.1, 0.15) is 58.8 Å². The molecular weight excluding hydrogens is 288 g/mol. The van der Waals surface area contributed by atoms with Crippen molar-refractivity contribution in [3.05, 3.63) is 0 Å². The Morgan fingerprint density at radius 2 is 1.95 bits per heavy atom. The van der Waals surface area contributed by atoms with Gasteiger partial charge in [-0.15, -0.1) is 0 Å². The molecule has 0 heterocycles. The van der Waals surface area contributed by atoms with E-state index in [-0.39, 0.29) is 11.9 Å². The number of carbonyl (C=O) groups excluding carboxylic acids is 1. The Morgan fingerprint density at radius 3 is 2.40 bits per heavy atom. The summed E-state index contributed by atoms with van der Waals surface area (Å²) in [4.78, 5) is 13.2. The van der Waals surface area contributed by atoms with Crippen molar-refractivity contribution in [3.8, 4) is 0 Å². The third kappa shape index (κ3) is 3.88. The van der Waals surface area contributed by atoms with Crippen molar-refractivity contribution in [1.82, 2.24) is 5.32 Å². The van der Waals surface area contributed by atoms with Gasteiger partial charge in [-0.05, 0) is 31.9 Å². The molecular formula is C15H28N2OS2. The molecule has 20 heavy (non-hydrogen) atoms. The van der Waals surface area contributed by atoms with Gasteiger partial charge >= 0.3 is 0 Å². The summed E-state index contributed by atoms with van der Waals surface area (Å²) in [7, 11) is 0. The first-order valence-corrected chi connectivity index (χ1v) is 9.35. The van der Waals surface area contributed by atoms with Crippen LogP contribution >= 0.6 is 24.0 Å². The molecule has 1 amide bonds. The first-order valence-electron chi connectivity index (χ1n) is 7.65. The van der Waals surface area contributed by atoms with Gasteiger partial charge in [-0.3, -0.25) is 4.79 Å². The molecule has 1 aliphatic carbocycles. The fourth-order valence-corrected chi connectivity index (χ4v) is 4.48. The molecule has 1 rings (SSSR count). The van der Waals surface area contributed by atoms with E-state index in [0.29, 0.717) is 10.2 Å². The van der Waals surface area contributed by atoms with Crippen LogP contribution in [-0.2, 0) is 4.79 Å². The lowest BCUT2D eigenvalue weighted by atomic mass is 9.78. The van der Waals surface area contributed by atoms with Gasteiger partial charge in [-0.25, -0.2) is 0 Å². The van der Waals surface area contributed by atoms with Gasteiger partial charge in [0.15, 0.2) is 0 Å². The van der Waals surface area contributed by atoms with Crippen LogP contribution in [0.5, 0.6) is 0 Å². The van der Waals surface area contributed by atoms with Crippen LogP contribution in [0.3, 0.4) is 0 Å². The third-order valence-corrected chi connectivity index (χ3v) is 5.89. The standard InChI is InChI=1S/C15H28N2OS2/c1-4-9-15(10-5-2,13(16)19)14(18)17-11-7-6-8-12(11)20-3/h11-12H,4-10H2,1-3H3,(H2,16,19)(H,17,18). The highest BCUT2D eigenvalue weighted by molar-refractivity contribution is 7.99. The maximum absolute atomic E-state index is 12.8. The lowest BCUT2D eigenvalue weighted by molar-refractivity contribution is -0.128. The lowest BCUT2D eigenvalue weighted by Crippen LogP contribution is -2.52. The van der Waals surface area contributed by atoms with Gasteiger partial charge < -0.3 is 11.1 Å². The van der Waals surface area contributed by atoms with E-state index in [0.717, 1.165) is 32.1 Å². The summed E-state index contributed by atoms with van der Waals surface area (Å²) < 4.78 is 0. The molecule has 0 aliphatic heterocycles. The number of carbonyl (C=O) groups is 1. The van der Waals surface area contributed by atoms with Crippen LogP contribution in [0.15, 0.2) is 0 Å². The van der Waals surface area contributed by atoms with Gasteiger partial charge in [0, 0.05) is 11.3 Å². The van der Waals surface area contributed by atoms with E-state index in [4.69, 9.17) is 18.0 Å². The van der Waals surface area contributed by atoms with Crippen LogP contribution in [-0.4, -0.2) is 28.4 Å². The molecule has 1 aliphatic rings. The van der Waals surface area contributed by atoms with Crippen molar-refractivity contribution >= 4 is 34.9 Å². The van der Waals surface area contributed by atoms with Gasteiger partial charge in [-0.2, -0.15) is 11.8 Å². The summed E-state index contributed by atoms with van der Waals surface area (Å²) in [5, 5.41) is 3.78. The Morgan fingerprint density at radius 1 is 1.35 bits per heavy atom. The van der Waals surface area contributed by atoms with Crippen molar-refractivity contribution in [2.24, 2.45) is 11.1 Å². The summed E-state index contributed by atoms with van der Waals surface area (Å²) in [5.74, 6) is 0.0552. The maximum atomic E-state index is 12.8. The molecule has 3 N–H and O–H groups in total. The van der Waals surface area contributed by atoms with Crippen molar-refractivity contribution < 1.29 is 4.79 Å². The number of hydrogen-bond donors (Lipinski definition) is 2. The van der Waals surface area contributed by atoms with E-state index in [2.05, 4.69) is 25.4 Å². The third-order valence-electron chi connectivity index (χ3n) is 4.33. The van der Waals surface area contributed by atoms with Gasteiger partial charge in [0.25, 0.3) is 0 Å². The molecule has 1 saturated carbocycles. The lowest BCUT2D eigenvalue weighted by Gasteiger charge is -2.33. The van der Waals surface area contributed by atoms with E-state index in [9.17, 15) is 4.79 Å². The van der Waals surface area contributed by atoms with E-state index in [1.165, 1.54) is 12.8 Å². The highest BCUT2D eigenvalue weighted by Crippen LogP contribution is 2.33. The van der Waals surface area contributed by atoms with Crippen LogP contribution in [0.2, 0.25) is 0 Å². The van der Waals surface area contributed by atoms with E-state index in [1.54, 1.807) is 0 Å². The van der Waals surface area contributed by atoms with Crippen LogP contribution in [0.25, 0.3) is 0 Å². The summed E-state index contributed by atoms with van der Waals surface area (Å²) >= 11 is 7.10. The predicted molar refractivity (Wildman–Crippen MR) is 92.1 cm³/mol. The monoisotopic (exact) mass is 316 g/mol. The maximum Gasteiger partial charge on any atom is 0.233 e. The molecule has 1 fully saturated rings. The van der Waals surface area contributed by atoms with Crippen molar-refractivity contribution in [2.45, 2.75) is 70.1 Å². The zero-order valence-corrected chi connectivity index (χ0v) is 14.5. The summed E-state index contributed by atoms with van der Waals surface area (Å²) in [6, 6.07) is 0.278. The minimum Gasteiger partial charge on any atom is -0.392 e. The quantitative estimate of drug-likeness (QED) is 0.675. The van der Waals surface area contributed by atoms with Gasteiger partial charge in [0.2, 0.25) is 5.91 Å². The molecule has 0 aromatic carbocycles. The molecule has 116 valence electrons. The molecule has 0 saturated heterocycles. The Kier molecular flexibility index (Phi) is 7.30. The van der Waals surface area contributed by atoms with Gasteiger partial charge in [0.1, 0.15) is 0 Å². The summed E-state index contributed by atoms with van der Waals surface area (Å²) in [6.45, 7) is 4.16. The average molecular weight is 317 g/mol. The molecule has 2 unspecified atom stereocenters. The van der Waals surface area contributed by atoms with Gasteiger partial charge in [0.05, 0.1) is 10.4 Å². The molecule has 0 spiro atoms. The Bertz CT molecular complexity index is 341. The smallest absolute Gasteiger partial charge is 0.233 e. The summed E-state index contributed by atoms with van der Waals surface area (Å²) in [6.07, 6.45) is 8.91. The number of rotatable bonds is 8. The predicted octanol–water partition coefficient (Wildman–Crippen LogP) is 3.26. The Balaban J connectivity index is 2.84. The van der Waals surface area contributed by atoms with Crippen LogP contribution < -0.4 is 11.1 Å². The van der Waals surface area contributed by atoms with Crippen molar-refractivity contribution in [1.29, 1.82) is 0 Å². The second kappa shape index (κ2) is 8.23. The number of hydrogen-bond acceptors (Lipinski definition) is 3. The van der Waals surface area contributed by atoms with E-state index >= 15 is 0 Å². The molecule has 2 atom stereocenters. The largest absolute Gasteiger partial charge is 0.392 e. The highest BCUT2D eigenvalue weighted by atomic mass is 32.2. The first kappa shape index (κ1) is 17.8. The minimum atomic E-state index is -0.648. The fraction of sp³-hybridized carbons (Fsp3) is 0.867. The van der Waals surface area contributed by atoms with Gasteiger partial charge in [-0.1, -0.05) is 45.3 Å².